The van der Waals surface area contributed by atoms with E-state index in [1.807, 2.05) is 36.5 Å². The van der Waals surface area contributed by atoms with E-state index in [0.29, 0.717) is 19.3 Å². The van der Waals surface area contributed by atoms with Crippen LogP contribution in [0.15, 0.2) is 60.8 Å². The Hall–Kier alpha value is -2.89. The highest BCUT2D eigenvalue weighted by Crippen LogP contribution is 2.14. The molecule has 0 bridgehead atoms. The average molecular weight is 797 g/mol. The number of esters is 3. The molecule has 0 aromatic carbocycles. The van der Waals surface area contributed by atoms with Gasteiger partial charge in [0.15, 0.2) is 6.10 Å². The van der Waals surface area contributed by atoms with Crippen molar-refractivity contribution in [2.24, 2.45) is 0 Å². The summed E-state index contributed by atoms with van der Waals surface area (Å²) in [4.78, 5) is 37.8. The van der Waals surface area contributed by atoms with Crippen LogP contribution in [0.5, 0.6) is 0 Å². The summed E-state index contributed by atoms with van der Waals surface area (Å²) < 4.78 is 16.7. The number of carbonyl (C=O) groups is 3. The predicted octanol–water partition coefficient (Wildman–Crippen LogP) is 15.3. The Morgan fingerprint density at radius 3 is 1.14 bits per heavy atom. The highest BCUT2D eigenvalue weighted by molar-refractivity contribution is 5.71. The fourth-order valence-corrected chi connectivity index (χ4v) is 6.51. The molecule has 0 heterocycles. The summed E-state index contributed by atoms with van der Waals surface area (Å²) in [6.07, 6.45) is 54.9. The van der Waals surface area contributed by atoms with Crippen molar-refractivity contribution < 1.29 is 28.6 Å². The smallest absolute Gasteiger partial charge is 0.306 e. The van der Waals surface area contributed by atoms with E-state index in [4.69, 9.17) is 14.2 Å². The molecule has 0 aliphatic rings. The van der Waals surface area contributed by atoms with Gasteiger partial charge in [-0.25, -0.2) is 0 Å². The van der Waals surface area contributed by atoms with Crippen molar-refractivity contribution in [3.05, 3.63) is 60.8 Å². The summed E-state index contributed by atoms with van der Waals surface area (Å²) in [5.41, 5.74) is 0. The lowest BCUT2D eigenvalue weighted by atomic mass is 10.0. The molecular formula is C51H88O6. The van der Waals surface area contributed by atoms with Gasteiger partial charge < -0.3 is 14.2 Å². The van der Waals surface area contributed by atoms with E-state index in [-0.39, 0.29) is 31.1 Å². The number of carbonyl (C=O) groups excluding carboxylic acids is 3. The number of unbranched alkanes of at least 4 members (excludes halogenated alkanes) is 24. The molecule has 328 valence electrons. The SMILES string of the molecule is CC\C=C/C=C\C=C/C=C\CCCCCC(=O)OCC(COC(=O)CCCCCCCCCCCCCCC)OC(=O)CCCCC/C=C\CCCCCCCC. The molecule has 57 heavy (non-hydrogen) atoms. The standard InChI is InChI=1S/C51H88O6/c1-4-7-10-13-16-19-22-25-28-31-34-37-40-43-49(52)55-46-48(57-51(54)45-42-39-36-33-30-27-24-21-18-15-12-9-6-3)47-56-50(53)44-41-38-35-32-29-26-23-20-17-14-11-8-5-2/h7,10,13,16,19,22,25,27-28,30,48H,4-6,8-9,11-12,14-15,17-18,20-21,23-24,26,29,31-47H2,1-3H3/b10-7-,16-13-,22-19-,28-25-,30-27-. The molecule has 0 radical (unpaired) electrons. The summed E-state index contributed by atoms with van der Waals surface area (Å²) in [6, 6.07) is 0. The van der Waals surface area contributed by atoms with Crippen LogP contribution in [0.3, 0.4) is 0 Å². The van der Waals surface area contributed by atoms with Crippen molar-refractivity contribution >= 4 is 17.9 Å². The van der Waals surface area contributed by atoms with Crippen molar-refractivity contribution in [2.75, 3.05) is 13.2 Å². The van der Waals surface area contributed by atoms with Crippen molar-refractivity contribution in [2.45, 2.75) is 232 Å². The Bertz CT molecular complexity index is 1050. The first-order valence-electron chi connectivity index (χ1n) is 23.8. The lowest BCUT2D eigenvalue weighted by Gasteiger charge is -2.18. The van der Waals surface area contributed by atoms with Crippen LogP contribution in [0, 0.1) is 0 Å². The zero-order valence-corrected chi connectivity index (χ0v) is 37.3. The second kappa shape index (κ2) is 45.8. The number of rotatable bonds is 42. The van der Waals surface area contributed by atoms with Gasteiger partial charge in [0, 0.05) is 19.3 Å². The fraction of sp³-hybridized carbons (Fsp3) is 0.745. The lowest BCUT2D eigenvalue weighted by molar-refractivity contribution is -0.167. The normalized spacial score (nSPS) is 12.5. The molecule has 0 aliphatic heterocycles. The molecule has 6 heteroatoms. The van der Waals surface area contributed by atoms with Crippen LogP contribution in [-0.4, -0.2) is 37.2 Å². The molecule has 0 saturated carbocycles. The first-order chi connectivity index (χ1) is 28.0. The molecule has 0 N–H and O–H groups in total. The summed E-state index contributed by atoms with van der Waals surface area (Å²) in [7, 11) is 0. The van der Waals surface area contributed by atoms with E-state index in [1.165, 1.54) is 103 Å². The van der Waals surface area contributed by atoms with Gasteiger partial charge >= 0.3 is 17.9 Å². The highest BCUT2D eigenvalue weighted by atomic mass is 16.6. The number of ether oxygens (including phenoxy) is 3. The summed E-state index contributed by atoms with van der Waals surface area (Å²) in [5.74, 6) is -0.948. The highest BCUT2D eigenvalue weighted by Gasteiger charge is 2.19. The van der Waals surface area contributed by atoms with Gasteiger partial charge in [-0.05, 0) is 64.2 Å². The molecule has 0 aromatic rings. The van der Waals surface area contributed by atoms with E-state index < -0.39 is 6.10 Å². The van der Waals surface area contributed by atoms with Crippen LogP contribution in [-0.2, 0) is 28.6 Å². The average Bonchev–Trinajstić information content (AvgIpc) is 3.21. The van der Waals surface area contributed by atoms with E-state index in [1.54, 1.807) is 0 Å². The molecule has 0 aromatic heterocycles. The van der Waals surface area contributed by atoms with E-state index >= 15 is 0 Å². The quantitative estimate of drug-likeness (QED) is 0.0201. The Balaban J connectivity index is 4.46. The van der Waals surface area contributed by atoms with Gasteiger partial charge in [0.25, 0.3) is 0 Å². The molecule has 0 rings (SSSR count). The van der Waals surface area contributed by atoms with Crippen LogP contribution >= 0.6 is 0 Å². The fourth-order valence-electron chi connectivity index (χ4n) is 6.51. The van der Waals surface area contributed by atoms with Crippen molar-refractivity contribution in [3.8, 4) is 0 Å². The van der Waals surface area contributed by atoms with E-state index in [9.17, 15) is 14.4 Å². The number of hydrogen-bond acceptors (Lipinski definition) is 6. The summed E-state index contributed by atoms with van der Waals surface area (Å²) in [6.45, 7) is 6.43. The minimum atomic E-state index is -0.794. The number of allylic oxidation sites excluding steroid dienone is 10. The monoisotopic (exact) mass is 797 g/mol. The second-order valence-electron chi connectivity index (χ2n) is 15.7. The Morgan fingerprint density at radius 2 is 0.702 bits per heavy atom. The molecule has 6 nitrogen and oxygen atoms in total. The first-order valence-corrected chi connectivity index (χ1v) is 23.8. The first kappa shape index (κ1) is 54.1. The largest absolute Gasteiger partial charge is 0.462 e. The minimum Gasteiger partial charge on any atom is -0.462 e. The third-order valence-electron chi connectivity index (χ3n) is 10.1. The molecule has 0 fully saturated rings. The van der Waals surface area contributed by atoms with Gasteiger partial charge in [-0.3, -0.25) is 14.4 Å². The summed E-state index contributed by atoms with van der Waals surface area (Å²) in [5, 5.41) is 0. The van der Waals surface area contributed by atoms with Crippen molar-refractivity contribution in [1.82, 2.24) is 0 Å². The lowest BCUT2D eigenvalue weighted by Crippen LogP contribution is -2.30. The Kier molecular flexibility index (Phi) is 43.5. The topological polar surface area (TPSA) is 78.9 Å². The van der Waals surface area contributed by atoms with Crippen LogP contribution in [0.1, 0.15) is 226 Å². The number of hydrogen-bond donors (Lipinski definition) is 0. The van der Waals surface area contributed by atoms with Gasteiger partial charge in [0.1, 0.15) is 13.2 Å². The molecule has 1 atom stereocenters. The molecule has 1 unspecified atom stereocenters. The molecule has 0 aliphatic carbocycles. The maximum Gasteiger partial charge on any atom is 0.306 e. The molecular weight excluding hydrogens is 709 g/mol. The van der Waals surface area contributed by atoms with Gasteiger partial charge in [-0.2, -0.15) is 0 Å². The third-order valence-corrected chi connectivity index (χ3v) is 10.1. The van der Waals surface area contributed by atoms with Crippen LogP contribution in [0.4, 0.5) is 0 Å². The maximum absolute atomic E-state index is 12.7. The third kappa shape index (κ3) is 44.1. The Labute approximate surface area is 351 Å². The van der Waals surface area contributed by atoms with E-state index in [2.05, 4.69) is 45.1 Å². The minimum absolute atomic E-state index is 0.0916. The van der Waals surface area contributed by atoms with Crippen LogP contribution in [0.25, 0.3) is 0 Å². The van der Waals surface area contributed by atoms with Crippen LogP contribution < -0.4 is 0 Å². The Morgan fingerprint density at radius 1 is 0.368 bits per heavy atom. The van der Waals surface area contributed by atoms with Crippen molar-refractivity contribution in [3.63, 3.8) is 0 Å². The zero-order valence-electron chi connectivity index (χ0n) is 37.3. The van der Waals surface area contributed by atoms with Gasteiger partial charge in [-0.15, -0.1) is 0 Å². The summed E-state index contributed by atoms with van der Waals surface area (Å²) >= 11 is 0. The maximum atomic E-state index is 12.7. The zero-order chi connectivity index (χ0) is 41.5. The molecule has 0 amide bonds. The van der Waals surface area contributed by atoms with E-state index in [0.717, 1.165) is 83.5 Å². The predicted molar refractivity (Wildman–Crippen MR) is 242 cm³/mol. The van der Waals surface area contributed by atoms with Gasteiger partial charge in [0.2, 0.25) is 0 Å². The molecule has 0 saturated heterocycles. The molecule has 0 spiro atoms. The van der Waals surface area contributed by atoms with Gasteiger partial charge in [-0.1, -0.05) is 204 Å². The van der Waals surface area contributed by atoms with Gasteiger partial charge in [0.05, 0.1) is 0 Å². The van der Waals surface area contributed by atoms with Crippen molar-refractivity contribution in [1.29, 1.82) is 0 Å². The second-order valence-corrected chi connectivity index (χ2v) is 15.7. The van der Waals surface area contributed by atoms with Crippen LogP contribution in [0.2, 0.25) is 0 Å².